The van der Waals surface area contributed by atoms with Crippen LogP contribution in [0.4, 0.5) is 0 Å². The molecule has 4 N–H and O–H groups in total. The highest BCUT2D eigenvalue weighted by molar-refractivity contribution is 5.30. The molecule has 1 aromatic carbocycles. The molecule has 1 atom stereocenters. The summed E-state index contributed by atoms with van der Waals surface area (Å²) in [5.41, 5.74) is 6.94. The monoisotopic (exact) mass is 221 g/mol. The molecule has 2 rings (SSSR count). The van der Waals surface area contributed by atoms with Crippen LogP contribution in [0.15, 0.2) is 24.3 Å². The van der Waals surface area contributed by atoms with Gasteiger partial charge in [-0.3, -0.25) is 0 Å². The van der Waals surface area contributed by atoms with E-state index in [1.807, 2.05) is 12.1 Å². The van der Waals surface area contributed by atoms with E-state index in [0.29, 0.717) is 6.54 Å². The normalized spacial score (nSPS) is 20.1. The Morgan fingerprint density at radius 1 is 1.25 bits per heavy atom. The van der Waals surface area contributed by atoms with Crippen LogP contribution in [0.25, 0.3) is 0 Å². The fourth-order valence-corrected chi connectivity index (χ4v) is 2.69. The molecule has 0 heterocycles. The molecule has 3 nitrogen and oxygen atoms in total. The molecule has 3 heteroatoms. The summed E-state index contributed by atoms with van der Waals surface area (Å²) in [5, 5.41) is 18.8. The van der Waals surface area contributed by atoms with E-state index in [4.69, 9.17) is 5.73 Å². The van der Waals surface area contributed by atoms with Crippen molar-refractivity contribution in [2.24, 2.45) is 11.1 Å². The van der Waals surface area contributed by atoms with Gasteiger partial charge < -0.3 is 15.9 Å². The van der Waals surface area contributed by atoms with Crippen LogP contribution in [0.3, 0.4) is 0 Å². The van der Waals surface area contributed by atoms with Gasteiger partial charge in [-0.05, 0) is 37.1 Å². The van der Waals surface area contributed by atoms with Gasteiger partial charge in [-0.2, -0.15) is 0 Å². The van der Waals surface area contributed by atoms with E-state index >= 15 is 0 Å². The van der Waals surface area contributed by atoms with Gasteiger partial charge in [0.2, 0.25) is 0 Å². The Labute approximate surface area is 95.9 Å². The van der Waals surface area contributed by atoms with Crippen LogP contribution in [0.5, 0.6) is 5.75 Å². The van der Waals surface area contributed by atoms with Crippen molar-refractivity contribution >= 4 is 0 Å². The minimum atomic E-state index is -0.0221. The van der Waals surface area contributed by atoms with Crippen molar-refractivity contribution in [3.8, 4) is 5.75 Å². The molecule has 88 valence electrons. The number of aliphatic hydroxyl groups is 1. The van der Waals surface area contributed by atoms with E-state index in [1.54, 1.807) is 12.1 Å². The van der Waals surface area contributed by atoms with Crippen LogP contribution >= 0.6 is 0 Å². The van der Waals surface area contributed by atoms with Crippen molar-refractivity contribution < 1.29 is 10.2 Å². The van der Waals surface area contributed by atoms with Gasteiger partial charge in [-0.15, -0.1) is 0 Å². The zero-order valence-corrected chi connectivity index (χ0v) is 9.39. The predicted octanol–water partition coefficient (Wildman–Crippen LogP) is 1.60. The fraction of sp³-hybridized carbons (Fsp3) is 0.538. The van der Waals surface area contributed by atoms with Gasteiger partial charge in [0.1, 0.15) is 5.75 Å². The summed E-state index contributed by atoms with van der Waals surface area (Å²) in [7, 11) is 0. The highest BCUT2D eigenvalue weighted by atomic mass is 16.3. The Balaban J connectivity index is 2.25. The van der Waals surface area contributed by atoms with Crippen LogP contribution in [0.1, 0.15) is 30.7 Å². The second-order valence-corrected chi connectivity index (χ2v) is 4.75. The molecule has 0 saturated heterocycles. The summed E-state index contributed by atoms with van der Waals surface area (Å²) in [6.07, 6.45) is 3.27. The van der Waals surface area contributed by atoms with Gasteiger partial charge in [0, 0.05) is 17.9 Å². The summed E-state index contributed by atoms with van der Waals surface area (Å²) >= 11 is 0. The minimum Gasteiger partial charge on any atom is -0.508 e. The second-order valence-electron chi connectivity index (χ2n) is 4.75. The lowest BCUT2D eigenvalue weighted by molar-refractivity contribution is 0.0192. The van der Waals surface area contributed by atoms with Crippen molar-refractivity contribution in [2.45, 2.75) is 25.2 Å². The summed E-state index contributed by atoms with van der Waals surface area (Å²) in [4.78, 5) is 0. The van der Waals surface area contributed by atoms with Crippen molar-refractivity contribution in [2.75, 3.05) is 13.2 Å². The van der Waals surface area contributed by atoms with E-state index in [0.717, 1.165) is 18.4 Å². The summed E-state index contributed by atoms with van der Waals surface area (Å²) in [5.74, 6) is 0.470. The molecule has 0 unspecified atom stereocenters. The number of aliphatic hydroxyl groups excluding tert-OH is 1. The van der Waals surface area contributed by atoms with Gasteiger partial charge in [-0.25, -0.2) is 0 Å². The average Bonchev–Trinajstić information content (AvgIpc) is 2.25. The topological polar surface area (TPSA) is 66.5 Å². The molecule has 0 aromatic heterocycles. The van der Waals surface area contributed by atoms with Crippen molar-refractivity contribution in [1.29, 1.82) is 0 Å². The first kappa shape index (κ1) is 11.4. The Morgan fingerprint density at radius 2 is 1.88 bits per heavy atom. The summed E-state index contributed by atoms with van der Waals surface area (Å²) in [6, 6.07) is 7.18. The Kier molecular flexibility index (Phi) is 3.17. The number of rotatable bonds is 4. The van der Waals surface area contributed by atoms with Crippen molar-refractivity contribution in [3.05, 3.63) is 29.8 Å². The van der Waals surface area contributed by atoms with Crippen LogP contribution in [0.2, 0.25) is 0 Å². The quantitative estimate of drug-likeness (QED) is 0.723. The number of hydrogen-bond acceptors (Lipinski definition) is 3. The molecule has 0 amide bonds. The number of benzene rings is 1. The fourth-order valence-electron chi connectivity index (χ4n) is 2.69. The number of phenols is 1. The smallest absolute Gasteiger partial charge is 0.115 e. The predicted molar refractivity (Wildman–Crippen MR) is 63.3 cm³/mol. The number of aromatic hydroxyl groups is 1. The maximum Gasteiger partial charge on any atom is 0.115 e. The van der Waals surface area contributed by atoms with E-state index in [-0.39, 0.29) is 23.7 Å². The third-order valence-electron chi connectivity index (χ3n) is 3.93. The number of phenolic OH excluding ortho intramolecular Hbond substituents is 1. The first-order valence-electron chi connectivity index (χ1n) is 5.82. The van der Waals surface area contributed by atoms with E-state index in [9.17, 15) is 10.2 Å². The van der Waals surface area contributed by atoms with Crippen molar-refractivity contribution in [3.63, 3.8) is 0 Å². The van der Waals surface area contributed by atoms with Crippen LogP contribution < -0.4 is 5.73 Å². The highest BCUT2D eigenvalue weighted by Gasteiger charge is 2.43. The van der Waals surface area contributed by atoms with E-state index < -0.39 is 0 Å². The first-order valence-corrected chi connectivity index (χ1v) is 5.82. The van der Waals surface area contributed by atoms with Crippen molar-refractivity contribution in [1.82, 2.24) is 0 Å². The highest BCUT2D eigenvalue weighted by Crippen LogP contribution is 2.50. The molecule has 1 aliphatic carbocycles. The largest absolute Gasteiger partial charge is 0.508 e. The van der Waals surface area contributed by atoms with Crippen LogP contribution in [-0.4, -0.2) is 23.4 Å². The molecule has 1 aromatic rings. The SMILES string of the molecule is NC[C@@H](c1ccc(O)cc1)C1(CO)CCC1. The Bertz CT molecular complexity index is 338. The second kappa shape index (κ2) is 4.44. The van der Waals surface area contributed by atoms with Gasteiger partial charge >= 0.3 is 0 Å². The molecule has 16 heavy (non-hydrogen) atoms. The summed E-state index contributed by atoms with van der Waals surface area (Å²) in [6.45, 7) is 0.751. The van der Waals surface area contributed by atoms with Gasteiger partial charge in [0.15, 0.2) is 0 Å². The standard InChI is InChI=1S/C13H19NO2/c14-8-12(13(9-15)6-1-7-13)10-2-4-11(16)5-3-10/h2-5,12,15-16H,1,6-9,14H2/t12-/m0/s1. The molecule has 0 radical (unpaired) electrons. The third kappa shape index (κ3) is 1.81. The average molecular weight is 221 g/mol. The maximum absolute atomic E-state index is 9.55. The zero-order valence-electron chi connectivity index (χ0n) is 9.39. The lowest BCUT2D eigenvalue weighted by atomic mass is 9.60. The lowest BCUT2D eigenvalue weighted by Gasteiger charge is -2.46. The molecule has 1 fully saturated rings. The van der Waals surface area contributed by atoms with Gasteiger partial charge in [0.25, 0.3) is 0 Å². The molecule has 0 spiro atoms. The Hall–Kier alpha value is -1.06. The molecular formula is C13H19NO2. The lowest BCUT2D eigenvalue weighted by Crippen LogP contribution is -2.42. The van der Waals surface area contributed by atoms with Crippen LogP contribution in [0, 0.1) is 5.41 Å². The molecular weight excluding hydrogens is 202 g/mol. The Morgan fingerprint density at radius 3 is 2.25 bits per heavy atom. The molecule has 1 saturated carbocycles. The third-order valence-corrected chi connectivity index (χ3v) is 3.93. The van der Waals surface area contributed by atoms with Gasteiger partial charge in [0.05, 0.1) is 0 Å². The van der Waals surface area contributed by atoms with E-state index in [1.165, 1.54) is 6.42 Å². The molecule has 0 aliphatic heterocycles. The number of hydrogen-bond donors (Lipinski definition) is 3. The first-order chi connectivity index (χ1) is 7.72. The van der Waals surface area contributed by atoms with E-state index in [2.05, 4.69) is 0 Å². The zero-order chi connectivity index (χ0) is 11.6. The van der Waals surface area contributed by atoms with Gasteiger partial charge in [-0.1, -0.05) is 18.6 Å². The van der Waals surface area contributed by atoms with Crippen LogP contribution in [-0.2, 0) is 0 Å². The maximum atomic E-state index is 9.55. The molecule has 0 bridgehead atoms. The summed E-state index contributed by atoms with van der Waals surface area (Å²) < 4.78 is 0. The molecule has 1 aliphatic rings. The number of nitrogens with two attached hydrogens (primary N) is 1. The minimum absolute atomic E-state index is 0.0221.